The molecule has 1 N–H and O–H groups in total. The fourth-order valence-electron chi connectivity index (χ4n) is 1.76. The Balaban J connectivity index is 2.62. The molecule has 0 amide bonds. The molecule has 0 atom stereocenters. The van der Waals surface area contributed by atoms with Crippen molar-refractivity contribution in [2.75, 3.05) is 45.8 Å². The largest absolute Gasteiger partial charge is 0.385 e. The average Bonchev–Trinajstić information content (AvgIpc) is 2.68. The van der Waals surface area contributed by atoms with Crippen LogP contribution in [0.5, 0.6) is 0 Å². The van der Waals surface area contributed by atoms with E-state index in [0.29, 0.717) is 0 Å². The van der Waals surface area contributed by atoms with E-state index in [9.17, 15) is 0 Å². The molecule has 0 aliphatic rings. The molecule has 98 valence electrons. The number of rotatable bonds is 8. The van der Waals surface area contributed by atoms with Gasteiger partial charge < -0.3 is 19.5 Å². The van der Waals surface area contributed by atoms with Crippen LogP contribution >= 0.6 is 0 Å². The van der Waals surface area contributed by atoms with E-state index in [1.54, 1.807) is 7.11 Å². The van der Waals surface area contributed by atoms with E-state index in [2.05, 4.69) is 33.0 Å². The highest BCUT2D eigenvalue weighted by atomic mass is 16.5. The Hall–Kier alpha value is -1.07. The summed E-state index contributed by atoms with van der Waals surface area (Å²) in [4.78, 5) is 6.74. The third-order valence-corrected chi connectivity index (χ3v) is 2.66. The van der Waals surface area contributed by atoms with Gasteiger partial charge in [0.2, 0.25) is 5.95 Å². The van der Waals surface area contributed by atoms with Gasteiger partial charge in [-0.15, -0.1) is 0 Å². The summed E-state index contributed by atoms with van der Waals surface area (Å²) in [6, 6.07) is 0. The van der Waals surface area contributed by atoms with Crippen LogP contribution in [0.4, 0.5) is 5.95 Å². The number of ether oxygens (including phenoxy) is 1. The predicted octanol–water partition coefficient (Wildman–Crippen LogP) is 0.884. The minimum Gasteiger partial charge on any atom is -0.385 e. The number of nitrogens with zero attached hydrogens (tertiary/aromatic N) is 3. The molecule has 0 saturated carbocycles. The Morgan fingerprint density at radius 2 is 2.29 bits per heavy atom. The first-order chi connectivity index (χ1) is 8.19. The molecular weight excluding hydrogens is 216 g/mol. The van der Waals surface area contributed by atoms with Crippen molar-refractivity contribution in [3.05, 3.63) is 11.9 Å². The lowest BCUT2D eigenvalue weighted by Gasteiger charge is -2.19. The van der Waals surface area contributed by atoms with Gasteiger partial charge in [0.1, 0.15) is 0 Å². The van der Waals surface area contributed by atoms with Crippen molar-refractivity contribution >= 4 is 5.95 Å². The fraction of sp³-hybridized carbons (Fsp3) is 0.750. The minimum atomic E-state index is 0.789. The zero-order valence-corrected chi connectivity index (χ0v) is 11.4. The molecule has 0 unspecified atom stereocenters. The quantitative estimate of drug-likeness (QED) is 0.685. The van der Waals surface area contributed by atoms with Crippen LogP contribution in [0.1, 0.15) is 12.1 Å². The lowest BCUT2D eigenvalue weighted by Crippen LogP contribution is -2.29. The number of hydrogen-bond acceptors (Lipinski definition) is 4. The van der Waals surface area contributed by atoms with Crippen LogP contribution in [0.3, 0.4) is 0 Å². The summed E-state index contributed by atoms with van der Waals surface area (Å²) in [6.45, 7) is 5.69. The van der Waals surface area contributed by atoms with Gasteiger partial charge in [0, 0.05) is 46.6 Å². The summed E-state index contributed by atoms with van der Waals surface area (Å²) >= 11 is 0. The van der Waals surface area contributed by atoms with Crippen molar-refractivity contribution in [2.45, 2.75) is 19.9 Å². The molecule has 1 heterocycles. The highest BCUT2D eigenvalue weighted by molar-refractivity contribution is 5.32. The van der Waals surface area contributed by atoms with Gasteiger partial charge in [0.05, 0.1) is 5.69 Å². The standard InChI is InChI=1S/C12H24N4O/c1-11-10-16(7-5-9-17-4)12(14-11)15(3)8-6-13-2/h10,13H,5-9H2,1-4H3. The Kier molecular flexibility index (Phi) is 6.00. The summed E-state index contributed by atoms with van der Waals surface area (Å²) in [7, 11) is 5.77. The average molecular weight is 240 g/mol. The first-order valence-corrected chi connectivity index (χ1v) is 6.07. The first kappa shape index (κ1) is 14.0. The van der Waals surface area contributed by atoms with Gasteiger partial charge in [-0.2, -0.15) is 0 Å². The number of likely N-dealkylation sites (N-methyl/N-ethyl adjacent to an activating group) is 2. The molecule has 5 heteroatoms. The molecule has 0 aromatic carbocycles. The summed E-state index contributed by atoms with van der Waals surface area (Å²) in [5.41, 5.74) is 1.06. The van der Waals surface area contributed by atoms with E-state index in [1.165, 1.54) is 0 Å². The molecule has 0 saturated heterocycles. The van der Waals surface area contributed by atoms with E-state index in [1.807, 2.05) is 14.0 Å². The van der Waals surface area contributed by atoms with Gasteiger partial charge in [0.25, 0.3) is 0 Å². The van der Waals surface area contributed by atoms with E-state index < -0.39 is 0 Å². The number of imidazole rings is 1. The smallest absolute Gasteiger partial charge is 0.205 e. The third-order valence-electron chi connectivity index (χ3n) is 2.66. The molecule has 0 aliphatic heterocycles. The molecule has 0 radical (unpaired) electrons. The van der Waals surface area contributed by atoms with Gasteiger partial charge >= 0.3 is 0 Å². The number of hydrogen-bond donors (Lipinski definition) is 1. The molecule has 5 nitrogen and oxygen atoms in total. The Bertz CT molecular complexity index is 324. The highest BCUT2D eigenvalue weighted by Crippen LogP contribution is 2.13. The van der Waals surface area contributed by atoms with Crippen molar-refractivity contribution in [3.8, 4) is 0 Å². The predicted molar refractivity (Wildman–Crippen MR) is 70.7 cm³/mol. The third kappa shape index (κ3) is 4.36. The number of aromatic nitrogens is 2. The van der Waals surface area contributed by atoms with Gasteiger partial charge in [0.15, 0.2) is 0 Å². The Morgan fingerprint density at radius 1 is 1.53 bits per heavy atom. The van der Waals surface area contributed by atoms with Gasteiger partial charge in [-0.1, -0.05) is 0 Å². The van der Waals surface area contributed by atoms with Crippen molar-refractivity contribution < 1.29 is 4.74 Å². The lowest BCUT2D eigenvalue weighted by atomic mass is 10.4. The number of methoxy groups -OCH3 is 1. The number of aryl methyl sites for hydroxylation is 2. The summed E-state index contributed by atoms with van der Waals surface area (Å²) in [5.74, 6) is 1.04. The molecule has 1 aromatic rings. The molecule has 17 heavy (non-hydrogen) atoms. The lowest BCUT2D eigenvalue weighted by molar-refractivity contribution is 0.190. The maximum atomic E-state index is 5.08. The molecule has 1 aromatic heterocycles. The van der Waals surface area contributed by atoms with E-state index in [4.69, 9.17) is 4.74 Å². The van der Waals surface area contributed by atoms with Crippen molar-refractivity contribution in [1.29, 1.82) is 0 Å². The van der Waals surface area contributed by atoms with Crippen LogP contribution in [0, 0.1) is 6.92 Å². The zero-order valence-electron chi connectivity index (χ0n) is 11.4. The monoisotopic (exact) mass is 240 g/mol. The van der Waals surface area contributed by atoms with Crippen LogP contribution in [-0.4, -0.2) is 50.5 Å². The zero-order chi connectivity index (χ0) is 12.7. The summed E-state index contributed by atoms with van der Waals surface area (Å²) in [5, 5.41) is 3.15. The normalized spacial score (nSPS) is 10.8. The second-order valence-electron chi connectivity index (χ2n) is 4.25. The van der Waals surface area contributed by atoms with E-state index in [0.717, 1.165) is 44.3 Å². The number of nitrogens with one attached hydrogen (secondary N) is 1. The topological polar surface area (TPSA) is 42.3 Å². The van der Waals surface area contributed by atoms with Crippen LogP contribution in [-0.2, 0) is 11.3 Å². The van der Waals surface area contributed by atoms with Gasteiger partial charge in [-0.25, -0.2) is 4.98 Å². The molecule has 0 bridgehead atoms. The second kappa shape index (κ2) is 7.29. The maximum Gasteiger partial charge on any atom is 0.205 e. The summed E-state index contributed by atoms with van der Waals surface area (Å²) in [6.07, 6.45) is 3.11. The number of anilines is 1. The van der Waals surface area contributed by atoms with Gasteiger partial charge in [-0.3, -0.25) is 0 Å². The van der Waals surface area contributed by atoms with Crippen molar-refractivity contribution in [2.24, 2.45) is 0 Å². The minimum absolute atomic E-state index is 0.789. The molecule has 1 rings (SSSR count). The molecule has 0 aliphatic carbocycles. The highest BCUT2D eigenvalue weighted by Gasteiger charge is 2.09. The van der Waals surface area contributed by atoms with E-state index >= 15 is 0 Å². The van der Waals surface area contributed by atoms with Crippen LogP contribution in [0.2, 0.25) is 0 Å². The molecule has 0 spiro atoms. The fourth-order valence-corrected chi connectivity index (χ4v) is 1.76. The SMILES string of the molecule is CNCCN(C)c1nc(C)cn1CCCOC. The summed E-state index contributed by atoms with van der Waals surface area (Å²) < 4.78 is 7.28. The molecular formula is C12H24N4O. The van der Waals surface area contributed by atoms with Crippen molar-refractivity contribution in [1.82, 2.24) is 14.9 Å². The second-order valence-corrected chi connectivity index (χ2v) is 4.25. The van der Waals surface area contributed by atoms with Crippen LogP contribution in [0.15, 0.2) is 6.20 Å². The maximum absolute atomic E-state index is 5.08. The first-order valence-electron chi connectivity index (χ1n) is 6.07. The Labute approximate surface area is 104 Å². The van der Waals surface area contributed by atoms with Crippen LogP contribution < -0.4 is 10.2 Å². The Morgan fingerprint density at radius 3 is 2.94 bits per heavy atom. The molecule has 0 fully saturated rings. The van der Waals surface area contributed by atoms with E-state index in [-0.39, 0.29) is 0 Å². The van der Waals surface area contributed by atoms with Crippen LogP contribution in [0.25, 0.3) is 0 Å². The van der Waals surface area contributed by atoms with Crippen molar-refractivity contribution in [3.63, 3.8) is 0 Å². The van der Waals surface area contributed by atoms with Gasteiger partial charge in [-0.05, 0) is 20.4 Å².